The van der Waals surface area contributed by atoms with Gasteiger partial charge in [-0.1, -0.05) is 0 Å². The van der Waals surface area contributed by atoms with Crippen LogP contribution in [0.5, 0.6) is 0 Å². The second-order valence-corrected chi connectivity index (χ2v) is 7.28. The van der Waals surface area contributed by atoms with Crippen molar-refractivity contribution >= 4 is 0 Å². The molecule has 1 aromatic rings. The molecule has 21 heavy (non-hydrogen) atoms. The average molecular weight is 290 g/mol. The lowest BCUT2D eigenvalue weighted by molar-refractivity contribution is 0.0738. The van der Waals surface area contributed by atoms with Gasteiger partial charge in [-0.3, -0.25) is 9.58 Å². The zero-order valence-electron chi connectivity index (χ0n) is 13.9. The molecule has 0 aromatic carbocycles. The van der Waals surface area contributed by atoms with Crippen LogP contribution in [0.4, 0.5) is 0 Å². The van der Waals surface area contributed by atoms with Crippen molar-refractivity contribution in [1.29, 1.82) is 0 Å². The van der Waals surface area contributed by atoms with E-state index in [0.29, 0.717) is 5.41 Å². The molecule has 1 N–H and O–H groups in total. The zero-order chi connectivity index (χ0) is 14.9. The van der Waals surface area contributed by atoms with Crippen LogP contribution < -0.4 is 5.32 Å². The van der Waals surface area contributed by atoms with E-state index in [9.17, 15) is 0 Å². The molecule has 1 aliphatic carbocycles. The minimum absolute atomic E-state index is 0.673. The summed E-state index contributed by atoms with van der Waals surface area (Å²) in [5.41, 5.74) is 3.35. The highest BCUT2D eigenvalue weighted by Gasteiger charge is 2.37. The van der Waals surface area contributed by atoms with Crippen molar-refractivity contribution in [3.8, 4) is 0 Å². The first-order chi connectivity index (χ1) is 10.1. The van der Waals surface area contributed by atoms with Crippen molar-refractivity contribution in [1.82, 2.24) is 20.0 Å². The van der Waals surface area contributed by atoms with Gasteiger partial charge in [0.15, 0.2) is 0 Å². The van der Waals surface area contributed by atoms with Crippen LogP contribution in [0.3, 0.4) is 0 Å². The Hall–Kier alpha value is -0.870. The van der Waals surface area contributed by atoms with E-state index in [1.807, 2.05) is 17.9 Å². The fraction of sp³-hybridized carbons (Fsp3) is 0.824. The molecule has 0 radical (unpaired) electrons. The van der Waals surface area contributed by atoms with Gasteiger partial charge in [-0.25, -0.2) is 0 Å². The first-order valence-electron chi connectivity index (χ1n) is 8.48. The molecule has 3 rings (SSSR count). The highest BCUT2D eigenvalue weighted by Crippen LogP contribution is 2.44. The summed E-state index contributed by atoms with van der Waals surface area (Å²) < 4.78 is 1.98. The molecule has 0 amide bonds. The van der Waals surface area contributed by atoms with Gasteiger partial charge in [-0.05, 0) is 71.0 Å². The maximum Gasteiger partial charge on any atom is 0.0537 e. The van der Waals surface area contributed by atoms with Crippen molar-refractivity contribution in [3.05, 3.63) is 17.5 Å². The highest BCUT2D eigenvalue weighted by molar-refractivity contribution is 5.15. The maximum atomic E-state index is 4.37. The van der Waals surface area contributed by atoms with Gasteiger partial charge >= 0.3 is 0 Å². The maximum absolute atomic E-state index is 4.37. The molecule has 0 unspecified atom stereocenters. The van der Waals surface area contributed by atoms with E-state index < -0.39 is 0 Å². The zero-order valence-corrected chi connectivity index (χ0v) is 13.9. The molecule has 1 spiro atoms. The summed E-state index contributed by atoms with van der Waals surface area (Å²) in [6, 6.07) is 0.755. The number of piperidine rings is 1. The number of aromatic nitrogens is 2. The SMILES string of the molecule is Cc1c(CN(C)C2CCC3(CCNCC3)CC2)cnn1C. The predicted molar refractivity (Wildman–Crippen MR) is 86.2 cm³/mol. The van der Waals surface area contributed by atoms with E-state index in [2.05, 4.69) is 29.3 Å². The number of rotatable bonds is 3. The van der Waals surface area contributed by atoms with E-state index in [4.69, 9.17) is 0 Å². The molecule has 2 aliphatic rings. The van der Waals surface area contributed by atoms with Gasteiger partial charge in [0.2, 0.25) is 0 Å². The van der Waals surface area contributed by atoms with Crippen molar-refractivity contribution in [2.24, 2.45) is 12.5 Å². The average Bonchev–Trinajstić information content (AvgIpc) is 2.81. The quantitative estimate of drug-likeness (QED) is 0.928. The number of nitrogens with zero attached hydrogens (tertiary/aromatic N) is 3. The Morgan fingerprint density at radius 2 is 1.95 bits per heavy atom. The standard InChI is InChI=1S/C17H30N4/c1-14-15(12-19-21(14)3)13-20(2)16-4-6-17(7-5-16)8-10-18-11-9-17/h12,16,18H,4-11,13H2,1-3H3. The Labute approximate surface area is 128 Å². The van der Waals surface area contributed by atoms with Crippen LogP contribution in [0.25, 0.3) is 0 Å². The Morgan fingerprint density at radius 3 is 2.52 bits per heavy atom. The predicted octanol–water partition coefficient (Wildman–Crippen LogP) is 2.47. The van der Waals surface area contributed by atoms with E-state index in [-0.39, 0.29) is 0 Å². The Balaban J connectivity index is 1.55. The summed E-state index contributed by atoms with van der Waals surface area (Å²) in [6.07, 6.45) is 10.4. The van der Waals surface area contributed by atoms with E-state index in [1.165, 1.54) is 62.9 Å². The third-order valence-corrected chi connectivity index (χ3v) is 6.06. The third kappa shape index (κ3) is 3.16. The molecular weight excluding hydrogens is 260 g/mol. The van der Waals surface area contributed by atoms with Gasteiger partial charge in [0, 0.05) is 30.9 Å². The number of nitrogens with one attached hydrogen (secondary N) is 1. The summed E-state index contributed by atoms with van der Waals surface area (Å²) in [5.74, 6) is 0. The highest BCUT2D eigenvalue weighted by atomic mass is 15.3. The first kappa shape index (κ1) is 15.0. The Morgan fingerprint density at radius 1 is 1.29 bits per heavy atom. The Kier molecular flexibility index (Phi) is 4.36. The van der Waals surface area contributed by atoms with E-state index in [1.54, 1.807) is 0 Å². The largest absolute Gasteiger partial charge is 0.317 e. The van der Waals surface area contributed by atoms with Crippen LogP contribution in [-0.4, -0.2) is 40.9 Å². The fourth-order valence-electron chi connectivity index (χ4n) is 4.21. The van der Waals surface area contributed by atoms with Crippen molar-refractivity contribution < 1.29 is 0 Å². The number of hydrogen-bond donors (Lipinski definition) is 1. The minimum atomic E-state index is 0.673. The number of aryl methyl sites for hydroxylation is 1. The second-order valence-electron chi connectivity index (χ2n) is 7.28. The molecule has 2 fully saturated rings. The lowest BCUT2D eigenvalue weighted by Gasteiger charge is -2.45. The summed E-state index contributed by atoms with van der Waals surface area (Å²) >= 11 is 0. The summed E-state index contributed by atoms with van der Waals surface area (Å²) in [7, 11) is 4.32. The van der Waals surface area contributed by atoms with Crippen LogP contribution in [0, 0.1) is 12.3 Å². The smallest absolute Gasteiger partial charge is 0.0537 e. The molecule has 4 heteroatoms. The lowest BCUT2D eigenvalue weighted by Crippen LogP contribution is -2.43. The molecule has 1 saturated carbocycles. The number of hydrogen-bond acceptors (Lipinski definition) is 3. The molecule has 1 saturated heterocycles. The second kappa shape index (κ2) is 6.09. The molecule has 0 atom stereocenters. The molecular formula is C17H30N4. The van der Waals surface area contributed by atoms with Crippen LogP contribution in [-0.2, 0) is 13.6 Å². The van der Waals surface area contributed by atoms with Gasteiger partial charge < -0.3 is 5.32 Å². The van der Waals surface area contributed by atoms with Crippen molar-refractivity contribution in [2.45, 2.75) is 58.0 Å². The molecule has 1 aromatic heterocycles. The first-order valence-corrected chi connectivity index (χ1v) is 8.48. The minimum Gasteiger partial charge on any atom is -0.317 e. The van der Waals surface area contributed by atoms with Crippen LogP contribution >= 0.6 is 0 Å². The summed E-state index contributed by atoms with van der Waals surface area (Å²) in [6.45, 7) is 5.67. The van der Waals surface area contributed by atoms with E-state index in [0.717, 1.165) is 12.6 Å². The molecule has 2 heterocycles. The van der Waals surface area contributed by atoms with Crippen molar-refractivity contribution in [3.63, 3.8) is 0 Å². The molecule has 118 valence electrons. The monoisotopic (exact) mass is 290 g/mol. The van der Waals surface area contributed by atoms with Crippen LogP contribution in [0.1, 0.15) is 49.8 Å². The van der Waals surface area contributed by atoms with E-state index >= 15 is 0 Å². The van der Waals surface area contributed by atoms with Gasteiger partial charge in [0.1, 0.15) is 0 Å². The molecule has 4 nitrogen and oxygen atoms in total. The van der Waals surface area contributed by atoms with Gasteiger partial charge in [-0.2, -0.15) is 5.10 Å². The lowest BCUT2D eigenvalue weighted by atomic mass is 9.67. The van der Waals surface area contributed by atoms with Crippen LogP contribution in [0.2, 0.25) is 0 Å². The fourth-order valence-corrected chi connectivity index (χ4v) is 4.21. The third-order valence-electron chi connectivity index (χ3n) is 6.06. The van der Waals surface area contributed by atoms with Gasteiger partial charge in [-0.15, -0.1) is 0 Å². The summed E-state index contributed by atoms with van der Waals surface area (Å²) in [5, 5.41) is 7.88. The van der Waals surface area contributed by atoms with Gasteiger partial charge in [0.25, 0.3) is 0 Å². The van der Waals surface area contributed by atoms with Crippen molar-refractivity contribution in [2.75, 3.05) is 20.1 Å². The molecule has 0 bridgehead atoms. The summed E-state index contributed by atoms with van der Waals surface area (Å²) in [4.78, 5) is 2.55. The molecule has 1 aliphatic heterocycles. The Bertz CT molecular complexity index is 463. The van der Waals surface area contributed by atoms with Crippen LogP contribution in [0.15, 0.2) is 6.20 Å². The van der Waals surface area contributed by atoms with Gasteiger partial charge in [0.05, 0.1) is 6.20 Å². The normalized spacial score (nSPS) is 23.0. The topological polar surface area (TPSA) is 33.1 Å².